The van der Waals surface area contributed by atoms with Crippen LogP contribution in [0.25, 0.3) is 27.8 Å². The summed E-state index contributed by atoms with van der Waals surface area (Å²) in [5.41, 5.74) is 7.47. The molecule has 1 atom stereocenters. The van der Waals surface area contributed by atoms with Gasteiger partial charge in [-0.3, -0.25) is 0 Å². The van der Waals surface area contributed by atoms with E-state index in [2.05, 4.69) is 30.2 Å². The van der Waals surface area contributed by atoms with Crippen LogP contribution in [-0.4, -0.2) is 39.5 Å². The molecule has 0 saturated heterocycles. The summed E-state index contributed by atoms with van der Waals surface area (Å²) >= 11 is 0. The minimum atomic E-state index is -4.69. The highest BCUT2D eigenvalue weighted by atomic mass is 19.4. The molecule has 0 aliphatic rings. The minimum Gasteiger partial charge on any atom is -0.383 e. The molecule has 0 aliphatic heterocycles. The molecule has 36 heavy (non-hydrogen) atoms. The second-order valence-electron chi connectivity index (χ2n) is 7.81. The third kappa shape index (κ3) is 3.99. The summed E-state index contributed by atoms with van der Waals surface area (Å²) in [5, 5.41) is 8.47. The van der Waals surface area contributed by atoms with Gasteiger partial charge in [-0.25, -0.2) is 33.4 Å². The Hall–Kier alpha value is -4.49. The van der Waals surface area contributed by atoms with Crippen molar-refractivity contribution in [2.45, 2.75) is 25.6 Å². The van der Waals surface area contributed by atoms with Crippen LogP contribution in [0.5, 0.6) is 0 Å². The van der Waals surface area contributed by atoms with Gasteiger partial charge in [0.25, 0.3) is 0 Å². The van der Waals surface area contributed by atoms with E-state index in [1.807, 2.05) is 6.92 Å². The van der Waals surface area contributed by atoms with Gasteiger partial charge in [0.05, 0.1) is 17.6 Å². The number of halogens is 5. The quantitative estimate of drug-likeness (QED) is 0.356. The summed E-state index contributed by atoms with van der Waals surface area (Å²) in [6.07, 6.45) is 2.24. The molecule has 0 bridgehead atoms. The molecule has 0 saturated carbocycles. The van der Waals surface area contributed by atoms with Crippen molar-refractivity contribution in [2.75, 3.05) is 5.73 Å². The van der Waals surface area contributed by atoms with Crippen LogP contribution in [0.1, 0.15) is 30.9 Å². The fraction of sp³-hybridized carbons (Fsp3) is 0.182. The second kappa shape index (κ2) is 8.62. The normalized spacial score (nSPS) is 12.8. The highest BCUT2D eigenvalue weighted by Crippen LogP contribution is 2.36. The number of hydrogen-bond donors (Lipinski definition) is 1. The Morgan fingerprint density at radius 3 is 2.47 bits per heavy atom. The van der Waals surface area contributed by atoms with E-state index in [0.29, 0.717) is 28.7 Å². The van der Waals surface area contributed by atoms with Gasteiger partial charge in [-0.1, -0.05) is 12.1 Å². The van der Waals surface area contributed by atoms with Crippen LogP contribution in [0.3, 0.4) is 0 Å². The van der Waals surface area contributed by atoms with Crippen molar-refractivity contribution in [3.05, 3.63) is 72.5 Å². The van der Waals surface area contributed by atoms with Gasteiger partial charge >= 0.3 is 6.18 Å². The molecule has 1 aromatic carbocycles. The molecule has 5 rings (SSSR count). The number of rotatable bonds is 5. The van der Waals surface area contributed by atoms with Crippen LogP contribution in [0.2, 0.25) is 0 Å². The number of nitrogen functional groups attached to an aromatic ring is 1. The van der Waals surface area contributed by atoms with E-state index < -0.39 is 29.7 Å². The number of alkyl halides is 3. The molecule has 0 spiro atoms. The molecule has 184 valence electrons. The molecule has 4 aromatic heterocycles. The Morgan fingerprint density at radius 2 is 1.78 bits per heavy atom. The Labute approximate surface area is 199 Å². The lowest BCUT2D eigenvalue weighted by Gasteiger charge is -2.15. The number of hydrogen-bond acceptors (Lipinski definition) is 7. The number of fused-ring (bicyclic) bond motifs is 1. The first-order chi connectivity index (χ1) is 17.2. The van der Waals surface area contributed by atoms with Crippen molar-refractivity contribution in [2.24, 2.45) is 0 Å². The van der Waals surface area contributed by atoms with Gasteiger partial charge in [-0.05, 0) is 18.6 Å². The highest BCUT2D eigenvalue weighted by molar-refractivity contribution is 6.00. The van der Waals surface area contributed by atoms with E-state index in [4.69, 9.17) is 5.73 Å². The number of aromatic nitrogens is 8. The van der Waals surface area contributed by atoms with Crippen molar-refractivity contribution in [1.29, 1.82) is 0 Å². The molecular formula is C22H16F5N9. The minimum absolute atomic E-state index is 0.106. The van der Waals surface area contributed by atoms with Crippen molar-refractivity contribution < 1.29 is 22.0 Å². The standard InChI is InChI=1S/C22H16F5N9/c1-2-16(15-9-36(34-33-15)17-5-12(23)3-4-14(17)24)35-8-13(18-19(28)31-10-32-20(18)35)11-6-29-21(30-7-11)22(25,26)27/h3-10,16H,2H2,1H3,(H2,28,31,32). The first-order valence-corrected chi connectivity index (χ1v) is 10.6. The first kappa shape index (κ1) is 23.3. The molecule has 1 unspecified atom stereocenters. The average molecular weight is 501 g/mol. The fourth-order valence-electron chi connectivity index (χ4n) is 3.94. The molecule has 0 aliphatic carbocycles. The van der Waals surface area contributed by atoms with Crippen LogP contribution in [0.4, 0.5) is 27.8 Å². The van der Waals surface area contributed by atoms with E-state index in [1.54, 1.807) is 10.8 Å². The molecule has 0 amide bonds. The van der Waals surface area contributed by atoms with Gasteiger partial charge in [-0.15, -0.1) is 5.10 Å². The van der Waals surface area contributed by atoms with E-state index in [9.17, 15) is 22.0 Å². The van der Waals surface area contributed by atoms with Crippen LogP contribution in [-0.2, 0) is 6.18 Å². The molecule has 5 aromatic rings. The lowest BCUT2D eigenvalue weighted by molar-refractivity contribution is -0.144. The van der Waals surface area contributed by atoms with Gasteiger partial charge in [-0.2, -0.15) is 13.2 Å². The maximum absolute atomic E-state index is 14.2. The Morgan fingerprint density at radius 1 is 1.03 bits per heavy atom. The highest BCUT2D eigenvalue weighted by Gasteiger charge is 2.34. The SMILES string of the molecule is CCC(c1cn(-c2cc(F)ccc2F)nn1)n1cc(-c2cnc(C(F)(F)F)nc2)c2c(N)ncnc21. The summed E-state index contributed by atoms with van der Waals surface area (Å²) in [5.74, 6) is -2.49. The van der Waals surface area contributed by atoms with E-state index in [-0.39, 0.29) is 17.1 Å². The summed E-state index contributed by atoms with van der Waals surface area (Å²) < 4.78 is 69.5. The van der Waals surface area contributed by atoms with Gasteiger partial charge in [0.1, 0.15) is 40.8 Å². The molecule has 0 fully saturated rings. The topological polar surface area (TPSA) is 113 Å². The number of nitrogens with zero attached hydrogens (tertiary/aromatic N) is 8. The lowest BCUT2D eigenvalue weighted by atomic mass is 10.1. The monoisotopic (exact) mass is 501 g/mol. The molecule has 2 N–H and O–H groups in total. The van der Waals surface area contributed by atoms with Gasteiger partial charge < -0.3 is 10.3 Å². The Bertz CT molecular complexity index is 1560. The largest absolute Gasteiger partial charge is 0.451 e. The third-order valence-electron chi connectivity index (χ3n) is 5.59. The van der Waals surface area contributed by atoms with E-state index in [0.717, 1.165) is 35.3 Å². The summed E-state index contributed by atoms with van der Waals surface area (Å²) in [6.45, 7) is 1.86. The Balaban J connectivity index is 1.62. The van der Waals surface area contributed by atoms with Crippen molar-refractivity contribution in [3.63, 3.8) is 0 Å². The van der Waals surface area contributed by atoms with Crippen molar-refractivity contribution >= 4 is 16.9 Å². The molecule has 0 radical (unpaired) electrons. The van der Waals surface area contributed by atoms with Crippen molar-refractivity contribution in [3.8, 4) is 16.8 Å². The number of benzene rings is 1. The summed E-state index contributed by atoms with van der Waals surface area (Å²) in [6, 6.07) is 2.49. The predicted molar refractivity (Wildman–Crippen MR) is 118 cm³/mol. The van der Waals surface area contributed by atoms with Crippen LogP contribution in [0.15, 0.2) is 49.3 Å². The molecule has 14 heteroatoms. The van der Waals surface area contributed by atoms with Crippen LogP contribution >= 0.6 is 0 Å². The molecule has 9 nitrogen and oxygen atoms in total. The third-order valence-corrected chi connectivity index (χ3v) is 5.59. The second-order valence-corrected chi connectivity index (χ2v) is 7.81. The number of anilines is 1. The van der Waals surface area contributed by atoms with Gasteiger partial charge in [0.2, 0.25) is 5.82 Å². The predicted octanol–water partition coefficient (Wildman–Crippen LogP) is 4.35. The molecular weight excluding hydrogens is 485 g/mol. The van der Waals surface area contributed by atoms with Gasteiger partial charge in [0.15, 0.2) is 0 Å². The molecule has 4 heterocycles. The lowest BCUT2D eigenvalue weighted by Crippen LogP contribution is -2.10. The Kier molecular flexibility index (Phi) is 5.57. The zero-order chi connectivity index (χ0) is 25.6. The van der Waals surface area contributed by atoms with Crippen LogP contribution < -0.4 is 5.73 Å². The zero-order valence-corrected chi connectivity index (χ0v) is 18.4. The fourth-order valence-corrected chi connectivity index (χ4v) is 3.94. The number of nitrogens with two attached hydrogens (primary N) is 1. The zero-order valence-electron chi connectivity index (χ0n) is 18.4. The smallest absolute Gasteiger partial charge is 0.383 e. The maximum atomic E-state index is 14.2. The van der Waals surface area contributed by atoms with E-state index in [1.165, 1.54) is 12.5 Å². The van der Waals surface area contributed by atoms with Gasteiger partial charge in [0, 0.05) is 35.8 Å². The maximum Gasteiger partial charge on any atom is 0.451 e. The van der Waals surface area contributed by atoms with E-state index >= 15 is 0 Å². The first-order valence-electron chi connectivity index (χ1n) is 10.6. The van der Waals surface area contributed by atoms with Crippen molar-refractivity contribution in [1.82, 2.24) is 39.5 Å². The van der Waals surface area contributed by atoms with Crippen LogP contribution in [0, 0.1) is 11.6 Å². The summed E-state index contributed by atoms with van der Waals surface area (Å²) in [7, 11) is 0. The summed E-state index contributed by atoms with van der Waals surface area (Å²) in [4.78, 5) is 15.2. The average Bonchev–Trinajstić information content (AvgIpc) is 3.48.